The van der Waals surface area contributed by atoms with Crippen LogP contribution in [0.1, 0.15) is 32.6 Å². The van der Waals surface area contributed by atoms with E-state index in [2.05, 4.69) is 0 Å². The predicted octanol–water partition coefficient (Wildman–Crippen LogP) is 0.0935. The summed E-state index contributed by atoms with van der Waals surface area (Å²) in [7, 11) is 0. The van der Waals surface area contributed by atoms with E-state index in [0.717, 1.165) is 0 Å². The zero-order valence-corrected chi connectivity index (χ0v) is 7.21. The highest BCUT2D eigenvalue weighted by molar-refractivity contribution is 5.78. The van der Waals surface area contributed by atoms with Crippen molar-refractivity contribution in [3.8, 4) is 0 Å². The molecule has 1 fully saturated rings. The number of aliphatic hydroxyl groups is 1. The molecule has 4 N–H and O–H groups in total. The van der Waals surface area contributed by atoms with Crippen LogP contribution in [0.25, 0.3) is 0 Å². The summed E-state index contributed by atoms with van der Waals surface area (Å²) in [6.07, 6.45) is 1.65. The Hall–Kier alpha value is -0.610. The van der Waals surface area contributed by atoms with Gasteiger partial charge in [0.1, 0.15) is 5.54 Å². The molecule has 0 radical (unpaired) electrons. The molecule has 4 nitrogen and oxygen atoms in total. The summed E-state index contributed by atoms with van der Waals surface area (Å²) in [6.45, 7) is 1.72. The number of hydrogen-bond acceptors (Lipinski definition) is 3. The van der Waals surface area contributed by atoms with E-state index in [1.807, 2.05) is 0 Å². The van der Waals surface area contributed by atoms with Gasteiger partial charge in [0.25, 0.3) is 0 Å². The van der Waals surface area contributed by atoms with Crippen molar-refractivity contribution < 1.29 is 15.0 Å². The second-order valence-electron chi connectivity index (χ2n) is 3.96. The number of carboxylic acid groups (broad SMARTS) is 1. The summed E-state index contributed by atoms with van der Waals surface area (Å²) in [5.74, 6) is -0.960. The molecule has 0 aliphatic heterocycles. The first-order chi connectivity index (χ1) is 5.36. The Balaban J connectivity index is 2.62. The van der Waals surface area contributed by atoms with E-state index < -0.39 is 17.1 Å². The molecule has 1 saturated carbocycles. The third-order valence-electron chi connectivity index (χ3n) is 2.65. The van der Waals surface area contributed by atoms with Crippen LogP contribution in [0.2, 0.25) is 0 Å². The Morgan fingerprint density at radius 2 is 1.75 bits per heavy atom. The maximum absolute atomic E-state index is 10.7. The number of carboxylic acids is 1. The lowest BCUT2D eigenvalue weighted by molar-refractivity contribution is -0.146. The molecule has 1 rings (SSSR count). The van der Waals surface area contributed by atoms with Crippen molar-refractivity contribution >= 4 is 5.97 Å². The predicted molar refractivity (Wildman–Crippen MR) is 43.6 cm³/mol. The van der Waals surface area contributed by atoms with Crippen LogP contribution in [0, 0.1) is 0 Å². The van der Waals surface area contributed by atoms with Crippen molar-refractivity contribution in [1.29, 1.82) is 0 Å². The van der Waals surface area contributed by atoms with Crippen LogP contribution in [0.5, 0.6) is 0 Å². The normalized spacial score (nSPS) is 42.6. The molecule has 0 aromatic heterocycles. The molecular formula is C8H15NO3. The number of hydrogen-bond donors (Lipinski definition) is 3. The van der Waals surface area contributed by atoms with Crippen molar-refractivity contribution in [3.63, 3.8) is 0 Å². The SMILES string of the molecule is CC1(O)CCC(N)(C(=O)O)CC1. The molecule has 1 aliphatic rings. The Morgan fingerprint density at radius 1 is 1.33 bits per heavy atom. The lowest BCUT2D eigenvalue weighted by Gasteiger charge is -2.37. The van der Waals surface area contributed by atoms with Gasteiger partial charge in [-0.3, -0.25) is 4.79 Å². The van der Waals surface area contributed by atoms with Crippen molar-refractivity contribution in [2.45, 2.75) is 43.7 Å². The molecule has 0 unspecified atom stereocenters. The van der Waals surface area contributed by atoms with Crippen LogP contribution >= 0.6 is 0 Å². The molecule has 12 heavy (non-hydrogen) atoms. The van der Waals surface area contributed by atoms with Crippen LogP contribution in [-0.4, -0.2) is 27.3 Å². The molecule has 0 spiro atoms. The molecule has 0 bridgehead atoms. The Kier molecular flexibility index (Phi) is 2.14. The highest BCUT2D eigenvalue weighted by atomic mass is 16.4. The van der Waals surface area contributed by atoms with Gasteiger partial charge in [-0.15, -0.1) is 0 Å². The molecule has 1 aliphatic carbocycles. The first-order valence-electron chi connectivity index (χ1n) is 4.10. The average molecular weight is 173 g/mol. The van der Waals surface area contributed by atoms with Gasteiger partial charge in [-0.1, -0.05) is 0 Å². The Labute approximate surface area is 71.4 Å². The monoisotopic (exact) mass is 173 g/mol. The van der Waals surface area contributed by atoms with Gasteiger partial charge in [-0.2, -0.15) is 0 Å². The second kappa shape index (κ2) is 2.71. The van der Waals surface area contributed by atoms with Crippen LogP contribution < -0.4 is 5.73 Å². The first kappa shape index (κ1) is 9.48. The van der Waals surface area contributed by atoms with E-state index in [0.29, 0.717) is 25.7 Å². The lowest BCUT2D eigenvalue weighted by Crippen LogP contribution is -2.53. The summed E-state index contributed by atoms with van der Waals surface area (Å²) in [5.41, 5.74) is 3.78. The van der Waals surface area contributed by atoms with E-state index in [1.54, 1.807) is 6.92 Å². The number of nitrogens with two attached hydrogens (primary N) is 1. The maximum atomic E-state index is 10.7. The van der Waals surface area contributed by atoms with Gasteiger partial charge in [-0.25, -0.2) is 0 Å². The van der Waals surface area contributed by atoms with Crippen LogP contribution in [0.4, 0.5) is 0 Å². The minimum absolute atomic E-state index is 0.356. The molecule has 0 amide bonds. The third kappa shape index (κ3) is 1.76. The van der Waals surface area contributed by atoms with Gasteiger partial charge in [0, 0.05) is 0 Å². The van der Waals surface area contributed by atoms with E-state index in [9.17, 15) is 9.90 Å². The van der Waals surface area contributed by atoms with Gasteiger partial charge in [0.2, 0.25) is 0 Å². The van der Waals surface area contributed by atoms with Crippen LogP contribution in [0.3, 0.4) is 0 Å². The van der Waals surface area contributed by atoms with Gasteiger partial charge < -0.3 is 15.9 Å². The van der Waals surface area contributed by atoms with Gasteiger partial charge in [0.15, 0.2) is 0 Å². The van der Waals surface area contributed by atoms with E-state index >= 15 is 0 Å². The van der Waals surface area contributed by atoms with Crippen molar-refractivity contribution in [2.75, 3.05) is 0 Å². The van der Waals surface area contributed by atoms with E-state index in [1.165, 1.54) is 0 Å². The van der Waals surface area contributed by atoms with Gasteiger partial charge >= 0.3 is 5.97 Å². The highest BCUT2D eigenvalue weighted by Gasteiger charge is 2.41. The summed E-state index contributed by atoms with van der Waals surface area (Å²) in [6, 6.07) is 0. The standard InChI is InChI=1S/C8H15NO3/c1-7(12)2-4-8(9,5-3-7)6(10)11/h12H,2-5,9H2,1H3,(H,10,11). The Bertz CT molecular complexity index is 190. The fraction of sp³-hybridized carbons (Fsp3) is 0.875. The van der Waals surface area contributed by atoms with E-state index in [-0.39, 0.29) is 0 Å². The molecule has 0 heterocycles. The van der Waals surface area contributed by atoms with Gasteiger partial charge in [0.05, 0.1) is 5.60 Å². The zero-order valence-electron chi connectivity index (χ0n) is 7.21. The lowest BCUT2D eigenvalue weighted by atomic mass is 9.75. The molecule has 0 atom stereocenters. The number of rotatable bonds is 1. The van der Waals surface area contributed by atoms with Crippen LogP contribution in [-0.2, 0) is 4.79 Å². The van der Waals surface area contributed by atoms with Gasteiger partial charge in [-0.05, 0) is 32.6 Å². The topological polar surface area (TPSA) is 83.5 Å². The summed E-state index contributed by atoms with van der Waals surface area (Å²) in [4.78, 5) is 10.7. The quantitative estimate of drug-likeness (QED) is 0.525. The zero-order chi connectivity index (χ0) is 9.41. The minimum Gasteiger partial charge on any atom is -0.480 e. The number of carbonyl (C=O) groups is 1. The first-order valence-corrected chi connectivity index (χ1v) is 4.10. The summed E-state index contributed by atoms with van der Waals surface area (Å²) in [5, 5.41) is 18.3. The third-order valence-corrected chi connectivity index (χ3v) is 2.65. The van der Waals surface area contributed by atoms with Crippen LogP contribution in [0.15, 0.2) is 0 Å². The molecule has 0 saturated heterocycles. The van der Waals surface area contributed by atoms with Crippen molar-refractivity contribution in [1.82, 2.24) is 0 Å². The fourth-order valence-corrected chi connectivity index (χ4v) is 1.45. The summed E-state index contributed by atoms with van der Waals surface area (Å²) < 4.78 is 0. The fourth-order valence-electron chi connectivity index (χ4n) is 1.45. The Morgan fingerprint density at radius 3 is 2.08 bits per heavy atom. The highest BCUT2D eigenvalue weighted by Crippen LogP contribution is 2.32. The minimum atomic E-state index is -1.11. The van der Waals surface area contributed by atoms with Crippen molar-refractivity contribution in [3.05, 3.63) is 0 Å². The number of aliphatic carboxylic acids is 1. The smallest absolute Gasteiger partial charge is 0.323 e. The molecule has 4 heteroatoms. The maximum Gasteiger partial charge on any atom is 0.323 e. The van der Waals surface area contributed by atoms with Crippen molar-refractivity contribution in [2.24, 2.45) is 5.73 Å². The molecule has 70 valence electrons. The summed E-state index contributed by atoms with van der Waals surface area (Å²) >= 11 is 0. The molecular weight excluding hydrogens is 158 g/mol. The largest absolute Gasteiger partial charge is 0.480 e. The second-order valence-corrected chi connectivity index (χ2v) is 3.96. The van der Waals surface area contributed by atoms with E-state index in [4.69, 9.17) is 10.8 Å². The molecule has 0 aromatic carbocycles. The molecule has 0 aromatic rings. The average Bonchev–Trinajstić information content (AvgIpc) is 1.96.